The lowest BCUT2D eigenvalue weighted by Gasteiger charge is -2.35. The van der Waals surface area contributed by atoms with E-state index in [0.29, 0.717) is 5.78 Å². The molecular weight excluding hydrogens is 290 g/mol. The summed E-state index contributed by atoms with van der Waals surface area (Å²) in [7, 11) is 0. The molecule has 1 saturated heterocycles. The predicted octanol–water partition coefficient (Wildman–Crippen LogP) is 2.17. The molecule has 1 aliphatic rings. The Labute approximate surface area is 136 Å². The van der Waals surface area contributed by atoms with Crippen molar-refractivity contribution in [2.45, 2.75) is 51.6 Å². The first kappa shape index (κ1) is 15.9. The van der Waals surface area contributed by atoms with E-state index in [1.807, 2.05) is 36.7 Å². The Kier molecular flexibility index (Phi) is 4.35. The second-order valence-electron chi connectivity index (χ2n) is 6.68. The molecule has 1 aliphatic heterocycles. The third kappa shape index (κ3) is 3.08. The zero-order valence-electron chi connectivity index (χ0n) is 14.1. The van der Waals surface area contributed by atoms with Gasteiger partial charge in [-0.1, -0.05) is 6.92 Å². The largest absolute Gasteiger partial charge is 0.346 e. The topological polar surface area (TPSA) is 62.5 Å². The van der Waals surface area contributed by atoms with Gasteiger partial charge in [-0.15, -0.1) is 0 Å². The van der Waals surface area contributed by atoms with Crippen LogP contribution >= 0.6 is 0 Å². The van der Waals surface area contributed by atoms with Gasteiger partial charge in [0.1, 0.15) is 0 Å². The molecule has 6 nitrogen and oxygen atoms in total. The molecule has 1 fully saturated rings. The molecule has 0 aliphatic carbocycles. The molecule has 0 spiro atoms. The summed E-state index contributed by atoms with van der Waals surface area (Å²) >= 11 is 0. The van der Waals surface area contributed by atoms with Gasteiger partial charge in [0, 0.05) is 18.6 Å². The van der Waals surface area contributed by atoms with Crippen molar-refractivity contribution in [2.75, 3.05) is 13.1 Å². The lowest BCUT2D eigenvalue weighted by molar-refractivity contribution is -0.132. The summed E-state index contributed by atoms with van der Waals surface area (Å²) in [5.41, 5.74) is 0.373. The molecule has 6 heteroatoms. The summed E-state index contributed by atoms with van der Waals surface area (Å²) in [6.45, 7) is 8.06. The van der Waals surface area contributed by atoms with Gasteiger partial charge in [0.05, 0.1) is 17.3 Å². The number of aromatic nitrogens is 3. The van der Waals surface area contributed by atoms with Gasteiger partial charge < -0.3 is 5.32 Å². The highest BCUT2D eigenvalue weighted by Crippen LogP contribution is 2.23. The van der Waals surface area contributed by atoms with E-state index in [1.165, 1.54) is 12.8 Å². The summed E-state index contributed by atoms with van der Waals surface area (Å²) in [4.78, 5) is 23.9. The minimum atomic E-state index is -0.485. The van der Waals surface area contributed by atoms with Crippen LogP contribution in [0.1, 0.15) is 51.8 Å². The molecule has 0 unspecified atom stereocenters. The van der Waals surface area contributed by atoms with Gasteiger partial charge in [-0.3, -0.25) is 14.1 Å². The smallest absolute Gasteiger partial charge is 0.240 e. The molecule has 1 atom stereocenters. The molecule has 1 amide bonds. The highest BCUT2D eigenvalue weighted by atomic mass is 16.2. The average molecular weight is 315 g/mol. The Hall–Kier alpha value is -1.95. The van der Waals surface area contributed by atoms with Crippen molar-refractivity contribution in [3.63, 3.8) is 0 Å². The Morgan fingerprint density at radius 2 is 2.13 bits per heavy atom. The number of likely N-dealkylation sites (tertiary alicyclic amines) is 1. The van der Waals surface area contributed by atoms with Gasteiger partial charge in [0.15, 0.2) is 0 Å². The van der Waals surface area contributed by atoms with E-state index in [2.05, 4.69) is 27.1 Å². The molecule has 2 aromatic heterocycles. The van der Waals surface area contributed by atoms with E-state index in [9.17, 15) is 4.79 Å². The van der Waals surface area contributed by atoms with Gasteiger partial charge in [-0.05, 0) is 52.3 Å². The van der Waals surface area contributed by atoms with E-state index >= 15 is 0 Å². The van der Waals surface area contributed by atoms with Crippen LogP contribution in [-0.4, -0.2) is 43.8 Å². The number of rotatable bonds is 5. The van der Waals surface area contributed by atoms with Gasteiger partial charge in [0.2, 0.25) is 11.7 Å². The molecule has 0 bridgehead atoms. The fourth-order valence-corrected chi connectivity index (χ4v) is 3.16. The molecule has 0 saturated carbocycles. The molecule has 3 heterocycles. The number of nitrogens with one attached hydrogen (secondary N) is 1. The maximum absolute atomic E-state index is 12.8. The van der Waals surface area contributed by atoms with Gasteiger partial charge in [0.25, 0.3) is 0 Å². The first-order valence-electron chi connectivity index (χ1n) is 8.38. The maximum atomic E-state index is 12.8. The fourth-order valence-electron chi connectivity index (χ4n) is 3.16. The third-order valence-electron chi connectivity index (χ3n) is 4.78. The van der Waals surface area contributed by atoms with Crippen molar-refractivity contribution in [2.24, 2.45) is 0 Å². The van der Waals surface area contributed by atoms with Gasteiger partial charge >= 0.3 is 0 Å². The molecule has 0 aromatic carbocycles. The standard InChI is InChI=1S/C17H25N5O/c1-4-13(14-12-21-9-7-8-18-16(21)20-14)19-15(23)17(2,3)22-10-5-6-11-22/h7-9,12-13H,4-6,10-11H2,1-3H3,(H,19,23)/t13-/m1/s1. The van der Waals surface area contributed by atoms with Crippen LogP contribution in [0.2, 0.25) is 0 Å². The zero-order chi connectivity index (χ0) is 16.4. The Bertz CT molecular complexity index is 654. The number of fused-ring (bicyclic) bond motifs is 1. The Balaban J connectivity index is 1.77. The van der Waals surface area contributed by atoms with Crippen molar-refractivity contribution in [3.05, 3.63) is 30.4 Å². The van der Waals surface area contributed by atoms with Crippen molar-refractivity contribution < 1.29 is 4.79 Å². The van der Waals surface area contributed by atoms with Crippen molar-refractivity contribution in [1.82, 2.24) is 24.6 Å². The number of carbonyl (C=O) groups is 1. The number of hydrogen-bond donors (Lipinski definition) is 1. The van der Waals surface area contributed by atoms with E-state index in [-0.39, 0.29) is 11.9 Å². The first-order valence-corrected chi connectivity index (χ1v) is 8.38. The normalized spacial score (nSPS) is 17.5. The monoisotopic (exact) mass is 315 g/mol. The maximum Gasteiger partial charge on any atom is 0.240 e. The van der Waals surface area contributed by atoms with Crippen molar-refractivity contribution in [3.8, 4) is 0 Å². The van der Waals surface area contributed by atoms with Crippen LogP contribution in [0.25, 0.3) is 5.78 Å². The molecule has 1 N–H and O–H groups in total. The summed E-state index contributed by atoms with van der Waals surface area (Å²) in [6.07, 6.45) is 8.73. The van der Waals surface area contributed by atoms with Crippen LogP contribution in [0.4, 0.5) is 0 Å². The number of imidazole rings is 1. The molecule has 3 rings (SSSR count). The van der Waals surface area contributed by atoms with Crippen LogP contribution in [0, 0.1) is 0 Å². The molecule has 2 aromatic rings. The van der Waals surface area contributed by atoms with Crippen LogP contribution in [0.15, 0.2) is 24.7 Å². The Morgan fingerprint density at radius 3 is 2.78 bits per heavy atom. The van der Waals surface area contributed by atoms with E-state index in [1.54, 1.807) is 6.20 Å². The summed E-state index contributed by atoms with van der Waals surface area (Å²) < 4.78 is 1.88. The van der Waals surface area contributed by atoms with E-state index < -0.39 is 5.54 Å². The second kappa shape index (κ2) is 6.28. The number of carbonyl (C=O) groups excluding carboxylic acids is 1. The molecule has 0 radical (unpaired) electrons. The fraction of sp³-hybridized carbons (Fsp3) is 0.588. The lowest BCUT2D eigenvalue weighted by Crippen LogP contribution is -2.54. The van der Waals surface area contributed by atoms with Crippen LogP contribution in [-0.2, 0) is 4.79 Å². The van der Waals surface area contributed by atoms with Crippen LogP contribution < -0.4 is 5.32 Å². The Morgan fingerprint density at radius 1 is 1.39 bits per heavy atom. The van der Waals surface area contributed by atoms with Crippen molar-refractivity contribution in [1.29, 1.82) is 0 Å². The molecule has 124 valence electrons. The first-order chi connectivity index (χ1) is 11.0. The zero-order valence-corrected chi connectivity index (χ0v) is 14.1. The summed E-state index contributed by atoms with van der Waals surface area (Å²) in [6, 6.07) is 1.78. The quantitative estimate of drug-likeness (QED) is 0.918. The summed E-state index contributed by atoms with van der Waals surface area (Å²) in [5, 5.41) is 3.18. The minimum absolute atomic E-state index is 0.0660. The molecular formula is C17H25N5O. The van der Waals surface area contributed by atoms with Crippen LogP contribution in [0.5, 0.6) is 0 Å². The highest BCUT2D eigenvalue weighted by Gasteiger charge is 2.37. The number of amides is 1. The second-order valence-corrected chi connectivity index (χ2v) is 6.68. The lowest BCUT2D eigenvalue weighted by atomic mass is 10.0. The van der Waals surface area contributed by atoms with E-state index in [0.717, 1.165) is 25.2 Å². The number of nitrogens with zero attached hydrogens (tertiary/aromatic N) is 4. The number of hydrogen-bond acceptors (Lipinski definition) is 4. The molecule has 23 heavy (non-hydrogen) atoms. The van der Waals surface area contributed by atoms with E-state index in [4.69, 9.17) is 0 Å². The predicted molar refractivity (Wildman–Crippen MR) is 89.0 cm³/mol. The summed E-state index contributed by atoms with van der Waals surface area (Å²) in [5.74, 6) is 0.727. The average Bonchev–Trinajstić information content (AvgIpc) is 3.21. The SMILES string of the molecule is CC[C@@H](NC(=O)C(C)(C)N1CCCC1)c1cn2cccnc2n1. The van der Waals surface area contributed by atoms with Gasteiger partial charge in [-0.2, -0.15) is 0 Å². The van der Waals surface area contributed by atoms with Crippen molar-refractivity contribution >= 4 is 11.7 Å². The third-order valence-corrected chi connectivity index (χ3v) is 4.78. The minimum Gasteiger partial charge on any atom is -0.346 e. The van der Waals surface area contributed by atoms with Gasteiger partial charge in [-0.25, -0.2) is 9.97 Å². The highest BCUT2D eigenvalue weighted by molar-refractivity contribution is 5.85. The van der Waals surface area contributed by atoms with Crippen LogP contribution in [0.3, 0.4) is 0 Å².